The summed E-state index contributed by atoms with van der Waals surface area (Å²) in [5, 5.41) is 3.10. The van der Waals surface area contributed by atoms with Crippen molar-refractivity contribution >= 4 is 27.7 Å². The summed E-state index contributed by atoms with van der Waals surface area (Å²) in [7, 11) is 1.79. The van der Waals surface area contributed by atoms with E-state index in [2.05, 4.69) is 21.2 Å². The fraction of sp³-hybridized carbons (Fsp3) is 0.200. The molecule has 5 heteroatoms. The Balaban J connectivity index is 2.11. The van der Waals surface area contributed by atoms with Gasteiger partial charge < -0.3 is 5.32 Å². The molecule has 1 nitrogen and oxygen atoms in total. The van der Waals surface area contributed by atoms with E-state index in [-0.39, 0.29) is 17.7 Å². The van der Waals surface area contributed by atoms with Crippen LogP contribution in [-0.2, 0) is 0 Å². The smallest absolute Gasteiger partial charge is 0.142 e. The van der Waals surface area contributed by atoms with Gasteiger partial charge in [0.15, 0.2) is 0 Å². The van der Waals surface area contributed by atoms with Gasteiger partial charge in [0.25, 0.3) is 0 Å². The average Bonchev–Trinajstić information content (AvgIpc) is 2.44. The largest absolute Gasteiger partial charge is 0.312 e. The third-order valence-electron chi connectivity index (χ3n) is 2.92. The maximum Gasteiger partial charge on any atom is 0.142 e. The van der Waals surface area contributed by atoms with E-state index in [9.17, 15) is 8.78 Å². The molecule has 0 saturated heterocycles. The van der Waals surface area contributed by atoms with E-state index in [1.807, 2.05) is 6.07 Å². The molecule has 0 radical (unpaired) electrons. The molecule has 2 aromatic rings. The van der Waals surface area contributed by atoms with Crippen LogP contribution in [0.2, 0.25) is 0 Å². The van der Waals surface area contributed by atoms with Gasteiger partial charge in [0, 0.05) is 22.3 Å². The zero-order valence-corrected chi connectivity index (χ0v) is 13.3. The highest BCUT2D eigenvalue weighted by atomic mass is 79.9. The van der Waals surface area contributed by atoms with Crippen molar-refractivity contribution in [1.82, 2.24) is 5.32 Å². The number of nitrogens with one attached hydrogen (secondary N) is 1. The van der Waals surface area contributed by atoms with Crippen LogP contribution in [0.25, 0.3) is 0 Å². The summed E-state index contributed by atoms with van der Waals surface area (Å²) in [4.78, 5) is 0.834. The highest BCUT2D eigenvalue weighted by Crippen LogP contribution is 2.28. The van der Waals surface area contributed by atoms with E-state index in [0.29, 0.717) is 15.8 Å². The fourth-order valence-corrected chi connectivity index (χ4v) is 3.31. The SMILES string of the molecule is CNC(CSc1cccc(F)c1)c1cccc(Br)c1F. The second kappa shape index (κ2) is 7.20. The first-order valence-corrected chi connectivity index (χ1v) is 7.89. The molecule has 0 aliphatic heterocycles. The minimum absolute atomic E-state index is 0.138. The number of rotatable bonds is 5. The third-order valence-corrected chi connectivity index (χ3v) is 4.62. The maximum absolute atomic E-state index is 14.1. The molecule has 1 unspecified atom stereocenters. The molecule has 0 aromatic heterocycles. The minimum Gasteiger partial charge on any atom is -0.312 e. The van der Waals surface area contributed by atoms with E-state index in [1.54, 1.807) is 31.3 Å². The van der Waals surface area contributed by atoms with Crippen molar-refractivity contribution in [1.29, 1.82) is 0 Å². The van der Waals surface area contributed by atoms with Gasteiger partial charge in [-0.25, -0.2) is 8.78 Å². The van der Waals surface area contributed by atoms with E-state index in [4.69, 9.17) is 0 Å². The van der Waals surface area contributed by atoms with Gasteiger partial charge >= 0.3 is 0 Å². The van der Waals surface area contributed by atoms with Crippen LogP contribution in [0.5, 0.6) is 0 Å². The molecule has 0 fully saturated rings. The van der Waals surface area contributed by atoms with Gasteiger partial charge in [-0.3, -0.25) is 0 Å². The first kappa shape index (κ1) is 15.5. The molecule has 0 aliphatic rings. The lowest BCUT2D eigenvalue weighted by molar-refractivity contribution is 0.561. The highest BCUT2D eigenvalue weighted by Gasteiger charge is 2.16. The number of thioether (sulfide) groups is 1. The van der Waals surface area contributed by atoms with Crippen molar-refractivity contribution in [3.05, 3.63) is 64.1 Å². The summed E-state index contributed by atoms with van der Waals surface area (Å²) < 4.78 is 27.6. The molecule has 0 heterocycles. The lowest BCUT2D eigenvalue weighted by atomic mass is 10.1. The Labute approximate surface area is 129 Å². The molecule has 0 amide bonds. The molecule has 1 N–H and O–H groups in total. The van der Waals surface area contributed by atoms with Crippen molar-refractivity contribution in [2.75, 3.05) is 12.8 Å². The van der Waals surface area contributed by atoms with Crippen LogP contribution in [0.4, 0.5) is 8.78 Å². The van der Waals surface area contributed by atoms with Gasteiger partial charge in [0.1, 0.15) is 11.6 Å². The first-order chi connectivity index (χ1) is 9.61. The van der Waals surface area contributed by atoms with Crippen LogP contribution in [-0.4, -0.2) is 12.8 Å². The average molecular weight is 358 g/mol. The van der Waals surface area contributed by atoms with Gasteiger partial charge in [0.05, 0.1) is 4.47 Å². The lowest BCUT2D eigenvalue weighted by Gasteiger charge is -2.17. The van der Waals surface area contributed by atoms with E-state index < -0.39 is 0 Å². The molecule has 0 saturated carbocycles. The van der Waals surface area contributed by atoms with Crippen molar-refractivity contribution in [3.8, 4) is 0 Å². The van der Waals surface area contributed by atoms with Gasteiger partial charge in [0.2, 0.25) is 0 Å². The maximum atomic E-state index is 14.1. The molecule has 106 valence electrons. The Morgan fingerprint density at radius 1 is 1.20 bits per heavy atom. The van der Waals surface area contributed by atoms with Crippen molar-refractivity contribution in [2.45, 2.75) is 10.9 Å². The van der Waals surface area contributed by atoms with Gasteiger partial charge in [-0.1, -0.05) is 18.2 Å². The van der Waals surface area contributed by atoms with Crippen molar-refractivity contribution in [2.24, 2.45) is 0 Å². The Morgan fingerprint density at radius 3 is 2.65 bits per heavy atom. The number of benzene rings is 2. The van der Waals surface area contributed by atoms with Gasteiger partial charge in [-0.15, -0.1) is 11.8 Å². The summed E-state index contributed by atoms with van der Waals surface area (Å²) in [6.07, 6.45) is 0. The van der Waals surface area contributed by atoms with Crippen LogP contribution >= 0.6 is 27.7 Å². The number of hydrogen-bond donors (Lipinski definition) is 1. The normalized spacial score (nSPS) is 12.4. The van der Waals surface area contributed by atoms with Crippen LogP contribution in [0.1, 0.15) is 11.6 Å². The molecule has 0 aliphatic carbocycles. The zero-order valence-electron chi connectivity index (χ0n) is 10.9. The molecule has 20 heavy (non-hydrogen) atoms. The van der Waals surface area contributed by atoms with E-state index in [1.165, 1.54) is 23.9 Å². The van der Waals surface area contributed by atoms with Crippen molar-refractivity contribution in [3.63, 3.8) is 0 Å². The Bertz CT molecular complexity index is 592. The fourth-order valence-electron chi connectivity index (χ4n) is 1.85. The molecule has 0 bridgehead atoms. The summed E-state index contributed by atoms with van der Waals surface area (Å²) >= 11 is 4.68. The molecular weight excluding hydrogens is 344 g/mol. The molecule has 1 atom stereocenters. The number of hydrogen-bond acceptors (Lipinski definition) is 2. The predicted octanol–water partition coefficient (Wildman–Crippen LogP) is 4.78. The summed E-state index contributed by atoms with van der Waals surface area (Å²) in [5.41, 5.74) is 0.603. The van der Waals surface area contributed by atoms with Crippen molar-refractivity contribution < 1.29 is 8.78 Å². The molecule has 2 rings (SSSR count). The van der Waals surface area contributed by atoms with Crippen LogP contribution in [0, 0.1) is 11.6 Å². The quantitative estimate of drug-likeness (QED) is 0.772. The van der Waals surface area contributed by atoms with Gasteiger partial charge in [-0.2, -0.15) is 0 Å². The monoisotopic (exact) mass is 357 g/mol. The Kier molecular flexibility index (Phi) is 5.57. The van der Waals surface area contributed by atoms with E-state index >= 15 is 0 Å². The molecular formula is C15H14BrF2NS. The van der Waals surface area contributed by atoms with Crippen LogP contribution in [0.15, 0.2) is 51.8 Å². The second-order valence-electron chi connectivity index (χ2n) is 4.25. The molecule has 0 spiro atoms. The third kappa shape index (κ3) is 3.81. The Hall–Kier alpha value is -0.910. The summed E-state index contributed by atoms with van der Waals surface area (Å²) in [5.74, 6) is 0.101. The first-order valence-electron chi connectivity index (χ1n) is 6.11. The standard InChI is InChI=1S/C15H14BrF2NS/c1-19-14(12-6-3-7-13(16)15(12)18)9-20-11-5-2-4-10(17)8-11/h2-8,14,19H,9H2,1H3. The lowest BCUT2D eigenvalue weighted by Crippen LogP contribution is -2.20. The van der Waals surface area contributed by atoms with E-state index in [0.717, 1.165) is 4.90 Å². The van der Waals surface area contributed by atoms with Gasteiger partial charge in [-0.05, 0) is 47.2 Å². The minimum atomic E-state index is -0.260. The van der Waals surface area contributed by atoms with Crippen LogP contribution in [0.3, 0.4) is 0 Å². The zero-order chi connectivity index (χ0) is 14.5. The topological polar surface area (TPSA) is 12.0 Å². The van der Waals surface area contributed by atoms with Crippen LogP contribution < -0.4 is 5.32 Å². The molecule has 2 aromatic carbocycles. The predicted molar refractivity (Wildman–Crippen MR) is 83.0 cm³/mol. The number of halogens is 3. The Morgan fingerprint density at radius 2 is 1.95 bits per heavy atom. The highest BCUT2D eigenvalue weighted by molar-refractivity contribution is 9.10. The summed E-state index contributed by atoms with van der Waals surface area (Å²) in [6, 6.07) is 11.5. The second-order valence-corrected chi connectivity index (χ2v) is 6.20. The summed E-state index contributed by atoms with van der Waals surface area (Å²) in [6.45, 7) is 0.